The molecule has 0 saturated carbocycles. The van der Waals surface area contributed by atoms with Crippen LogP contribution in [-0.4, -0.2) is 66.9 Å². The minimum atomic E-state index is -0.513. The number of rotatable bonds is 9. The lowest BCUT2D eigenvalue weighted by Gasteiger charge is -2.39. The van der Waals surface area contributed by atoms with E-state index in [0.717, 1.165) is 32.6 Å². The number of benzene rings is 2. The maximum Gasteiger partial charge on any atom is 0.242 e. The van der Waals surface area contributed by atoms with Crippen LogP contribution in [0.4, 0.5) is 0 Å². The predicted molar refractivity (Wildman–Crippen MR) is 124 cm³/mol. The molecule has 2 amide bonds. The van der Waals surface area contributed by atoms with E-state index in [1.54, 1.807) is 6.92 Å². The van der Waals surface area contributed by atoms with Crippen molar-refractivity contribution in [2.45, 2.75) is 32.4 Å². The molecule has 3 rings (SSSR count). The number of carbonyl (C=O) groups excluding carboxylic acids is 2. The summed E-state index contributed by atoms with van der Waals surface area (Å²) < 4.78 is 0. The van der Waals surface area contributed by atoms with Crippen LogP contribution in [0.5, 0.6) is 0 Å². The fourth-order valence-electron chi connectivity index (χ4n) is 4.02. The standard InChI is InChI=1S/C25H34N4O2/c1-3-14-26-25(31)20(2)27-23(30)19-28-15-17-29(18-16-28)24(21-10-6-4-7-11-21)22-12-8-5-9-13-22/h4-13,20,24H,3,14-19H2,1-2H3,(H,26,31)(H,27,30)/t20-/m0/s1. The van der Waals surface area contributed by atoms with E-state index in [1.807, 2.05) is 19.1 Å². The Balaban J connectivity index is 1.55. The monoisotopic (exact) mass is 422 g/mol. The first-order chi connectivity index (χ1) is 15.1. The Morgan fingerprint density at radius 3 is 1.97 bits per heavy atom. The Hall–Kier alpha value is -2.70. The van der Waals surface area contributed by atoms with Crippen molar-refractivity contribution < 1.29 is 9.59 Å². The summed E-state index contributed by atoms with van der Waals surface area (Å²) in [6.07, 6.45) is 0.879. The highest BCUT2D eigenvalue weighted by atomic mass is 16.2. The summed E-state index contributed by atoms with van der Waals surface area (Å²) in [6.45, 7) is 8.09. The van der Waals surface area contributed by atoms with Gasteiger partial charge >= 0.3 is 0 Å². The summed E-state index contributed by atoms with van der Waals surface area (Å²) in [6, 6.07) is 20.9. The van der Waals surface area contributed by atoms with Crippen molar-refractivity contribution in [3.8, 4) is 0 Å². The van der Waals surface area contributed by atoms with Crippen molar-refractivity contribution >= 4 is 11.8 Å². The molecule has 2 aromatic carbocycles. The van der Waals surface area contributed by atoms with Gasteiger partial charge in [-0.25, -0.2) is 0 Å². The highest BCUT2D eigenvalue weighted by molar-refractivity contribution is 5.87. The van der Waals surface area contributed by atoms with E-state index in [4.69, 9.17) is 0 Å². The first-order valence-corrected chi connectivity index (χ1v) is 11.2. The zero-order chi connectivity index (χ0) is 22.1. The Morgan fingerprint density at radius 2 is 1.45 bits per heavy atom. The summed E-state index contributed by atoms with van der Waals surface area (Å²) in [5, 5.41) is 5.63. The van der Waals surface area contributed by atoms with Crippen molar-refractivity contribution in [2.24, 2.45) is 0 Å². The summed E-state index contributed by atoms with van der Waals surface area (Å²) in [7, 11) is 0. The molecule has 0 bridgehead atoms. The average molecular weight is 423 g/mol. The van der Waals surface area contributed by atoms with Gasteiger partial charge in [0.05, 0.1) is 12.6 Å². The van der Waals surface area contributed by atoms with Crippen molar-refractivity contribution in [2.75, 3.05) is 39.3 Å². The molecule has 1 heterocycles. The van der Waals surface area contributed by atoms with Gasteiger partial charge in [-0.05, 0) is 24.5 Å². The fraction of sp³-hybridized carbons (Fsp3) is 0.440. The third-order valence-corrected chi connectivity index (χ3v) is 5.69. The molecular formula is C25H34N4O2. The first-order valence-electron chi connectivity index (χ1n) is 11.2. The molecule has 2 aromatic rings. The van der Waals surface area contributed by atoms with Gasteiger partial charge in [0.25, 0.3) is 0 Å². The van der Waals surface area contributed by atoms with Gasteiger partial charge in [-0.15, -0.1) is 0 Å². The van der Waals surface area contributed by atoms with Gasteiger partial charge in [0.2, 0.25) is 11.8 Å². The fourth-order valence-corrected chi connectivity index (χ4v) is 4.02. The van der Waals surface area contributed by atoms with Crippen molar-refractivity contribution in [1.29, 1.82) is 0 Å². The molecule has 1 fully saturated rings. The van der Waals surface area contributed by atoms with Crippen molar-refractivity contribution in [3.05, 3.63) is 71.8 Å². The quantitative estimate of drug-likeness (QED) is 0.652. The van der Waals surface area contributed by atoms with Crippen LogP contribution in [-0.2, 0) is 9.59 Å². The first kappa shape index (κ1) is 23.0. The molecule has 166 valence electrons. The zero-order valence-corrected chi connectivity index (χ0v) is 18.6. The Bertz CT molecular complexity index is 780. The minimum absolute atomic E-state index is 0.102. The van der Waals surface area contributed by atoms with Crippen molar-refractivity contribution in [1.82, 2.24) is 20.4 Å². The van der Waals surface area contributed by atoms with Crippen LogP contribution in [0, 0.1) is 0 Å². The minimum Gasteiger partial charge on any atom is -0.354 e. The number of hydrogen-bond acceptors (Lipinski definition) is 4. The van der Waals surface area contributed by atoms with Crippen LogP contribution < -0.4 is 10.6 Å². The lowest BCUT2D eigenvalue weighted by Crippen LogP contribution is -2.52. The molecule has 2 N–H and O–H groups in total. The number of piperazine rings is 1. The SMILES string of the molecule is CCCNC(=O)[C@H](C)NC(=O)CN1CCN(C(c2ccccc2)c2ccccc2)CC1. The maximum absolute atomic E-state index is 12.4. The second-order valence-corrected chi connectivity index (χ2v) is 8.12. The lowest BCUT2D eigenvalue weighted by atomic mass is 9.96. The highest BCUT2D eigenvalue weighted by Gasteiger charge is 2.27. The van der Waals surface area contributed by atoms with Crippen LogP contribution in [0.15, 0.2) is 60.7 Å². The van der Waals surface area contributed by atoms with Crippen LogP contribution in [0.25, 0.3) is 0 Å². The molecule has 0 aromatic heterocycles. The van der Waals surface area contributed by atoms with Gasteiger partial charge in [0, 0.05) is 32.7 Å². The van der Waals surface area contributed by atoms with Gasteiger partial charge < -0.3 is 10.6 Å². The molecule has 0 unspecified atom stereocenters. The van der Waals surface area contributed by atoms with E-state index in [-0.39, 0.29) is 17.9 Å². The Labute approximate surface area is 185 Å². The van der Waals surface area contributed by atoms with E-state index in [9.17, 15) is 9.59 Å². The average Bonchev–Trinajstić information content (AvgIpc) is 2.80. The van der Waals surface area contributed by atoms with Gasteiger partial charge in [-0.3, -0.25) is 19.4 Å². The van der Waals surface area contributed by atoms with Crippen LogP contribution in [0.1, 0.15) is 37.4 Å². The molecule has 1 saturated heterocycles. The van der Waals surface area contributed by atoms with Gasteiger partial charge in [0.15, 0.2) is 0 Å². The predicted octanol–water partition coefficient (Wildman–Crippen LogP) is 2.42. The molecule has 31 heavy (non-hydrogen) atoms. The summed E-state index contributed by atoms with van der Waals surface area (Å²) >= 11 is 0. The summed E-state index contributed by atoms with van der Waals surface area (Å²) in [4.78, 5) is 29.0. The second kappa shape index (κ2) is 11.6. The normalized spacial score (nSPS) is 16.1. The molecule has 0 aliphatic carbocycles. The molecule has 1 aliphatic rings. The zero-order valence-electron chi connectivity index (χ0n) is 18.6. The molecule has 0 radical (unpaired) electrons. The number of nitrogens with zero attached hydrogens (tertiary/aromatic N) is 2. The van der Waals surface area contributed by atoms with Gasteiger partial charge in [0.1, 0.15) is 6.04 Å². The van der Waals surface area contributed by atoms with Crippen molar-refractivity contribution in [3.63, 3.8) is 0 Å². The smallest absolute Gasteiger partial charge is 0.242 e. The summed E-state index contributed by atoms with van der Waals surface area (Å²) in [5.74, 6) is -0.233. The van der Waals surface area contributed by atoms with Gasteiger partial charge in [-0.1, -0.05) is 67.6 Å². The summed E-state index contributed by atoms with van der Waals surface area (Å²) in [5.41, 5.74) is 2.57. The largest absolute Gasteiger partial charge is 0.354 e. The third-order valence-electron chi connectivity index (χ3n) is 5.69. The number of nitrogens with one attached hydrogen (secondary N) is 2. The highest BCUT2D eigenvalue weighted by Crippen LogP contribution is 2.29. The van der Waals surface area contributed by atoms with E-state index in [2.05, 4.69) is 69.0 Å². The number of amides is 2. The molecule has 1 atom stereocenters. The molecule has 1 aliphatic heterocycles. The van der Waals surface area contributed by atoms with Crippen LogP contribution >= 0.6 is 0 Å². The van der Waals surface area contributed by atoms with Crippen LogP contribution in [0.3, 0.4) is 0 Å². The molecule has 0 spiro atoms. The molecule has 6 nitrogen and oxygen atoms in total. The Kier molecular flexibility index (Phi) is 8.62. The van der Waals surface area contributed by atoms with E-state index < -0.39 is 6.04 Å². The van der Waals surface area contributed by atoms with Crippen LogP contribution in [0.2, 0.25) is 0 Å². The topological polar surface area (TPSA) is 64.7 Å². The second-order valence-electron chi connectivity index (χ2n) is 8.12. The van der Waals surface area contributed by atoms with E-state index >= 15 is 0 Å². The maximum atomic E-state index is 12.4. The number of hydrogen-bond donors (Lipinski definition) is 2. The molecule has 6 heteroatoms. The third kappa shape index (κ3) is 6.64. The number of carbonyl (C=O) groups is 2. The molecular weight excluding hydrogens is 388 g/mol. The van der Waals surface area contributed by atoms with Gasteiger partial charge in [-0.2, -0.15) is 0 Å². The van der Waals surface area contributed by atoms with E-state index in [0.29, 0.717) is 13.1 Å². The Morgan fingerprint density at radius 1 is 0.903 bits per heavy atom. The lowest BCUT2D eigenvalue weighted by molar-refractivity contribution is -0.129. The van der Waals surface area contributed by atoms with E-state index in [1.165, 1.54) is 11.1 Å².